The molecule has 1 aliphatic heterocycles. The van der Waals surface area contributed by atoms with Crippen LogP contribution in [0, 0.1) is 5.92 Å². The molecule has 0 radical (unpaired) electrons. The van der Waals surface area contributed by atoms with Gasteiger partial charge in [-0.25, -0.2) is 0 Å². The van der Waals surface area contributed by atoms with Crippen LogP contribution < -0.4 is 16.0 Å². The van der Waals surface area contributed by atoms with E-state index >= 15 is 0 Å². The standard InChI is InChI=1S/C44H83N3O11/c1-4-6-8-10-12-14-16-18-20-22-24-26-28-33(29-27-25-23-21-19-17-15-13-11-9-7-5-2)40(53)47-35(32-57-44-39(52)37(50)38(51)43(56)58-44)42(55)46-34(41(54)45-3)30-31-36(48)49/h33-35,37-39,43-44,50-52,56H,4-32H2,1-3H3,(H,45,54)(H,46,55)(H,47,53)(H,48,49)/t34?,35-,37-,38-,39-,43+,44+/m0/s1. The van der Waals surface area contributed by atoms with Gasteiger partial charge in [0.05, 0.1) is 6.61 Å². The highest BCUT2D eigenvalue weighted by Gasteiger charge is 2.44. The van der Waals surface area contributed by atoms with E-state index in [0.29, 0.717) is 12.8 Å². The van der Waals surface area contributed by atoms with Gasteiger partial charge >= 0.3 is 5.97 Å². The number of likely N-dealkylation sites (N-methyl/N-ethyl adjacent to an activating group) is 1. The maximum Gasteiger partial charge on any atom is 0.303 e. The van der Waals surface area contributed by atoms with Crippen molar-refractivity contribution in [1.29, 1.82) is 0 Å². The molecule has 0 spiro atoms. The first kappa shape index (κ1) is 53.7. The SMILES string of the molecule is CCCCCCCCCCCCCCC(CCCCCCCCCCCCCC)C(=O)N[C@@H](CO[C@@H]1O[C@@H](O)[C@@H](O)[C@H](O)[C@@H]1O)C(=O)NC(CCC(=O)O)C(=O)NC. The number of rotatable bonds is 37. The van der Waals surface area contributed by atoms with Gasteiger partial charge < -0.3 is 51.0 Å². The number of amides is 3. The number of hydrogen-bond donors (Lipinski definition) is 8. The Morgan fingerprint density at radius 1 is 0.534 bits per heavy atom. The fraction of sp³-hybridized carbons (Fsp3) is 0.909. The van der Waals surface area contributed by atoms with Gasteiger partial charge in [0.1, 0.15) is 30.4 Å². The van der Waals surface area contributed by atoms with Crippen LogP contribution in [0.5, 0.6) is 0 Å². The number of aliphatic carboxylic acids is 1. The fourth-order valence-corrected chi connectivity index (χ4v) is 7.48. The first-order valence-electron chi connectivity index (χ1n) is 23.0. The van der Waals surface area contributed by atoms with Crippen molar-refractivity contribution < 1.29 is 54.2 Å². The van der Waals surface area contributed by atoms with Gasteiger partial charge in [-0.05, 0) is 19.3 Å². The van der Waals surface area contributed by atoms with Crippen LogP contribution in [-0.2, 0) is 28.7 Å². The lowest BCUT2D eigenvalue weighted by molar-refractivity contribution is -0.340. The Hall–Kier alpha value is -2.36. The molecule has 58 heavy (non-hydrogen) atoms. The molecule has 1 fully saturated rings. The molecule has 0 saturated carbocycles. The normalized spacial score (nSPS) is 20.4. The molecule has 3 amide bonds. The first-order chi connectivity index (χ1) is 28.0. The quantitative estimate of drug-likeness (QED) is 0.0332. The molecule has 1 rings (SSSR count). The molecule has 14 nitrogen and oxygen atoms in total. The fourth-order valence-electron chi connectivity index (χ4n) is 7.48. The third-order valence-electron chi connectivity index (χ3n) is 11.3. The molecule has 14 heteroatoms. The summed E-state index contributed by atoms with van der Waals surface area (Å²) in [5.41, 5.74) is 0. The lowest BCUT2D eigenvalue weighted by Crippen LogP contribution is -2.60. The zero-order valence-corrected chi connectivity index (χ0v) is 36.3. The van der Waals surface area contributed by atoms with Crippen molar-refractivity contribution >= 4 is 23.7 Å². The average molecular weight is 830 g/mol. The summed E-state index contributed by atoms with van der Waals surface area (Å²) >= 11 is 0. The summed E-state index contributed by atoms with van der Waals surface area (Å²) in [6.07, 6.45) is 20.5. The number of carbonyl (C=O) groups excluding carboxylic acids is 3. The average Bonchev–Trinajstić information content (AvgIpc) is 3.21. The van der Waals surface area contributed by atoms with Crippen molar-refractivity contribution in [3.8, 4) is 0 Å². The topological polar surface area (TPSA) is 224 Å². The molecule has 0 aliphatic carbocycles. The number of carboxylic acids is 1. The zero-order valence-electron chi connectivity index (χ0n) is 36.3. The summed E-state index contributed by atoms with van der Waals surface area (Å²) in [5, 5.41) is 57.4. The van der Waals surface area contributed by atoms with Gasteiger partial charge in [0.25, 0.3) is 0 Å². The molecule has 1 saturated heterocycles. The maximum atomic E-state index is 14.0. The van der Waals surface area contributed by atoms with E-state index in [4.69, 9.17) is 9.47 Å². The Labute approximate surface area is 349 Å². The number of carbonyl (C=O) groups is 4. The number of hydrogen-bond acceptors (Lipinski definition) is 10. The predicted octanol–water partition coefficient (Wildman–Crippen LogP) is 6.14. The van der Waals surface area contributed by atoms with E-state index in [-0.39, 0.29) is 12.3 Å². The van der Waals surface area contributed by atoms with E-state index in [9.17, 15) is 44.7 Å². The number of aliphatic hydroxyl groups excluding tert-OH is 4. The summed E-state index contributed by atoms with van der Waals surface area (Å²) in [7, 11) is 1.35. The largest absolute Gasteiger partial charge is 0.481 e. The second-order valence-corrected chi connectivity index (χ2v) is 16.4. The molecular weight excluding hydrogens is 746 g/mol. The van der Waals surface area contributed by atoms with Gasteiger partial charge in [-0.15, -0.1) is 0 Å². The molecule has 340 valence electrons. The molecule has 0 aromatic heterocycles. The van der Waals surface area contributed by atoms with E-state index in [1.165, 1.54) is 110 Å². The maximum absolute atomic E-state index is 14.0. The van der Waals surface area contributed by atoms with Crippen LogP contribution in [0.2, 0.25) is 0 Å². The number of carboxylic acid groups (broad SMARTS) is 1. The van der Waals surface area contributed by atoms with Gasteiger partial charge in [0, 0.05) is 19.4 Å². The number of ether oxygens (including phenoxy) is 2. The Kier molecular flexibility index (Phi) is 31.8. The summed E-state index contributed by atoms with van der Waals surface area (Å²) in [4.78, 5) is 51.5. The van der Waals surface area contributed by atoms with Gasteiger partial charge in [0.2, 0.25) is 17.7 Å². The van der Waals surface area contributed by atoms with Crippen molar-refractivity contribution in [2.24, 2.45) is 5.92 Å². The van der Waals surface area contributed by atoms with Crippen molar-refractivity contribution in [2.75, 3.05) is 13.7 Å². The Bertz CT molecular complexity index is 1060. The van der Waals surface area contributed by atoms with E-state index < -0.39 is 79.7 Å². The molecule has 8 N–H and O–H groups in total. The van der Waals surface area contributed by atoms with Crippen LogP contribution in [-0.4, -0.2) is 106 Å². The van der Waals surface area contributed by atoms with E-state index in [1.54, 1.807) is 0 Å². The van der Waals surface area contributed by atoms with Crippen molar-refractivity contribution in [2.45, 2.75) is 237 Å². The van der Waals surface area contributed by atoms with E-state index in [1.807, 2.05) is 0 Å². The zero-order chi connectivity index (χ0) is 43.0. The molecule has 0 bridgehead atoms. The third kappa shape index (κ3) is 24.7. The lowest BCUT2D eigenvalue weighted by Gasteiger charge is -2.38. The van der Waals surface area contributed by atoms with Crippen LogP contribution >= 0.6 is 0 Å². The first-order valence-corrected chi connectivity index (χ1v) is 23.0. The monoisotopic (exact) mass is 830 g/mol. The van der Waals surface area contributed by atoms with Gasteiger partial charge in [-0.1, -0.05) is 168 Å². The minimum absolute atomic E-state index is 0.205. The molecule has 1 aliphatic rings. The Morgan fingerprint density at radius 3 is 1.36 bits per heavy atom. The number of aliphatic hydroxyl groups is 4. The summed E-state index contributed by atoms with van der Waals surface area (Å²) in [6, 6.07) is -2.63. The highest BCUT2D eigenvalue weighted by atomic mass is 16.7. The van der Waals surface area contributed by atoms with Crippen LogP contribution in [0.3, 0.4) is 0 Å². The summed E-state index contributed by atoms with van der Waals surface area (Å²) in [6.45, 7) is 3.88. The predicted molar refractivity (Wildman–Crippen MR) is 225 cm³/mol. The summed E-state index contributed by atoms with van der Waals surface area (Å²) < 4.78 is 10.7. The van der Waals surface area contributed by atoms with Crippen molar-refractivity contribution in [1.82, 2.24) is 16.0 Å². The molecule has 7 atom stereocenters. The van der Waals surface area contributed by atoms with Gasteiger partial charge in [-0.3, -0.25) is 19.2 Å². The van der Waals surface area contributed by atoms with Crippen LogP contribution in [0.15, 0.2) is 0 Å². The van der Waals surface area contributed by atoms with Crippen molar-refractivity contribution in [3.05, 3.63) is 0 Å². The highest BCUT2D eigenvalue weighted by molar-refractivity contribution is 5.92. The highest BCUT2D eigenvalue weighted by Crippen LogP contribution is 2.23. The van der Waals surface area contributed by atoms with E-state index in [0.717, 1.165) is 51.4 Å². The summed E-state index contributed by atoms with van der Waals surface area (Å²) in [5.74, 6) is -3.36. The smallest absolute Gasteiger partial charge is 0.303 e. The van der Waals surface area contributed by atoms with Gasteiger partial charge in [-0.2, -0.15) is 0 Å². The second kappa shape index (κ2) is 34.4. The van der Waals surface area contributed by atoms with Crippen molar-refractivity contribution in [3.63, 3.8) is 0 Å². The Balaban J connectivity index is 2.93. The number of unbranched alkanes of at least 4 members (excludes halogenated alkanes) is 22. The Morgan fingerprint density at radius 2 is 0.948 bits per heavy atom. The minimum Gasteiger partial charge on any atom is -0.481 e. The molecule has 0 aromatic carbocycles. The van der Waals surface area contributed by atoms with Crippen LogP contribution in [0.1, 0.15) is 194 Å². The van der Waals surface area contributed by atoms with Gasteiger partial charge in [0.15, 0.2) is 12.6 Å². The molecular formula is C44H83N3O11. The van der Waals surface area contributed by atoms with Crippen LogP contribution in [0.4, 0.5) is 0 Å². The number of nitrogens with one attached hydrogen (secondary N) is 3. The minimum atomic E-state index is -1.88. The van der Waals surface area contributed by atoms with Crippen LogP contribution in [0.25, 0.3) is 0 Å². The second-order valence-electron chi connectivity index (χ2n) is 16.4. The molecule has 1 unspecified atom stereocenters. The van der Waals surface area contributed by atoms with E-state index in [2.05, 4.69) is 29.8 Å². The third-order valence-corrected chi connectivity index (χ3v) is 11.3. The lowest BCUT2D eigenvalue weighted by atomic mass is 9.92. The molecule has 0 aromatic rings. The molecule has 1 heterocycles.